The van der Waals surface area contributed by atoms with Crippen LogP contribution in [-0.4, -0.2) is 30.8 Å². The predicted octanol–water partition coefficient (Wildman–Crippen LogP) is 1.25. The van der Waals surface area contributed by atoms with Crippen molar-refractivity contribution in [3.05, 3.63) is 0 Å². The van der Waals surface area contributed by atoms with Crippen molar-refractivity contribution < 1.29 is 9.59 Å². The number of ketones is 1. The number of nitrogens with one attached hydrogen (secondary N) is 2. The highest BCUT2D eigenvalue weighted by molar-refractivity contribution is 6.09. The van der Waals surface area contributed by atoms with E-state index in [-0.39, 0.29) is 17.1 Å². The Morgan fingerprint density at radius 2 is 2.21 bits per heavy atom. The van der Waals surface area contributed by atoms with Crippen molar-refractivity contribution in [2.24, 2.45) is 16.7 Å². The van der Waals surface area contributed by atoms with E-state index in [2.05, 4.69) is 24.5 Å². The summed E-state index contributed by atoms with van der Waals surface area (Å²) in [6.45, 7) is 5.90. The van der Waals surface area contributed by atoms with Gasteiger partial charge >= 0.3 is 0 Å². The van der Waals surface area contributed by atoms with Crippen LogP contribution in [0.4, 0.5) is 0 Å². The lowest BCUT2D eigenvalue weighted by Gasteiger charge is -2.35. The minimum absolute atomic E-state index is 0.0174. The monoisotopic (exact) mass is 264 g/mol. The van der Waals surface area contributed by atoms with Gasteiger partial charge in [0.05, 0.1) is 0 Å². The third-order valence-corrected chi connectivity index (χ3v) is 5.96. The molecule has 19 heavy (non-hydrogen) atoms. The molecule has 0 aromatic carbocycles. The van der Waals surface area contributed by atoms with Crippen LogP contribution in [0.2, 0.25) is 0 Å². The number of amides is 1. The van der Waals surface area contributed by atoms with E-state index < -0.39 is 5.41 Å². The zero-order valence-corrected chi connectivity index (χ0v) is 11.9. The van der Waals surface area contributed by atoms with Crippen LogP contribution >= 0.6 is 0 Å². The van der Waals surface area contributed by atoms with Gasteiger partial charge in [0, 0.05) is 19.0 Å². The van der Waals surface area contributed by atoms with Crippen molar-refractivity contribution in [3.8, 4) is 0 Å². The minimum Gasteiger partial charge on any atom is -0.354 e. The molecule has 3 atom stereocenters. The SMILES string of the molecule is CC1(C)C2CC[C@@]1(C(=O)NC[C@@H]1CCCN1)C(=O)C2. The summed E-state index contributed by atoms with van der Waals surface area (Å²) < 4.78 is 0. The van der Waals surface area contributed by atoms with Crippen molar-refractivity contribution in [3.63, 3.8) is 0 Å². The molecule has 3 fully saturated rings. The summed E-state index contributed by atoms with van der Waals surface area (Å²) in [5.74, 6) is 0.553. The fourth-order valence-corrected chi connectivity index (χ4v) is 4.51. The Bertz CT molecular complexity index is 412. The van der Waals surface area contributed by atoms with E-state index in [9.17, 15) is 9.59 Å². The highest BCUT2D eigenvalue weighted by Crippen LogP contribution is 2.63. The fourth-order valence-electron chi connectivity index (χ4n) is 4.51. The van der Waals surface area contributed by atoms with Gasteiger partial charge in [0.25, 0.3) is 0 Å². The molecule has 106 valence electrons. The molecule has 0 aromatic heterocycles. The van der Waals surface area contributed by atoms with Gasteiger partial charge in [-0.05, 0) is 43.6 Å². The normalized spacial score (nSPS) is 39.8. The first kappa shape index (κ1) is 13.1. The Labute approximate surface area is 114 Å². The van der Waals surface area contributed by atoms with Gasteiger partial charge in [-0.1, -0.05) is 13.8 Å². The Kier molecular flexibility index (Phi) is 2.97. The molecule has 1 unspecified atom stereocenters. The lowest BCUT2D eigenvalue weighted by atomic mass is 9.68. The molecule has 0 aromatic rings. The van der Waals surface area contributed by atoms with E-state index >= 15 is 0 Å². The lowest BCUT2D eigenvalue weighted by Crippen LogP contribution is -2.51. The maximum atomic E-state index is 12.6. The Hall–Kier alpha value is -0.900. The van der Waals surface area contributed by atoms with Crippen LogP contribution in [0.3, 0.4) is 0 Å². The van der Waals surface area contributed by atoms with Gasteiger partial charge in [0.2, 0.25) is 5.91 Å². The Balaban J connectivity index is 1.72. The molecule has 2 aliphatic carbocycles. The quantitative estimate of drug-likeness (QED) is 0.754. The molecular weight excluding hydrogens is 240 g/mol. The number of fused-ring (bicyclic) bond motifs is 2. The van der Waals surface area contributed by atoms with Gasteiger partial charge < -0.3 is 10.6 Å². The Morgan fingerprint density at radius 1 is 1.42 bits per heavy atom. The number of carbonyl (C=O) groups is 2. The standard InChI is InChI=1S/C15H24N2O2/c1-14(2)10-5-6-15(14,12(18)8-10)13(19)17-9-11-4-3-7-16-11/h10-11,16H,3-9H2,1-2H3,(H,17,19)/t10?,11-,15-/m0/s1. The molecule has 1 aliphatic heterocycles. The maximum absolute atomic E-state index is 12.6. The molecule has 4 nitrogen and oxygen atoms in total. The van der Waals surface area contributed by atoms with Crippen molar-refractivity contribution in [1.29, 1.82) is 0 Å². The number of hydrogen-bond donors (Lipinski definition) is 2. The fraction of sp³-hybridized carbons (Fsp3) is 0.867. The van der Waals surface area contributed by atoms with Gasteiger partial charge in [-0.2, -0.15) is 0 Å². The first-order chi connectivity index (χ1) is 8.98. The van der Waals surface area contributed by atoms with Gasteiger partial charge in [0.15, 0.2) is 0 Å². The summed E-state index contributed by atoms with van der Waals surface area (Å²) in [4.78, 5) is 25.0. The number of hydrogen-bond acceptors (Lipinski definition) is 3. The van der Waals surface area contributed by atoms with E-state index in [0.717, 1.165) is 25.8 Å². The average Bonchev–Trinajstić information content (AvgIpc) is 3.00. The molecule has 2 N–H and O–H groups in total. The molecule has 3 rings (SSSR count). The highest BCUT2D eigenvalue weighted by atomic mass is 16.2. The molecule has 3 aliphatic rings. The second kappa shape index (κ2) is 4.30. The summed E-state index contributed by atoms with van der Waals surface area (Å²) >= 11 is 0. The molecular formula is C15H24N2O2. The van der Waals surface area contributed by atoms with E-state index in [0.29, 0.717) is 24.9 Å². The highest BCUT2D eigenvalue weighted by Gasteiger charge is 2.68. The van der Waals surface area contributed by atoms with E-state index in [4.69, 9.17) is 0 Å². The summed E-state index contributed by atoms with van der Waals surface area (Å²) in [7, 11) is 0. The zero-order valence-electron chi connectivity index (χ0n) is 11.9. The van der Waals surface area contributed by atoms with Crippen LogP contribution in [-0.2, 0) is 9.59 Å². The summed E-state index contributed by atoms with van der Waals surface area (Å²) in [6.07, 6.45) is 4.66. The van der Waals surface area contributed by atoms with Gasteiger partial charge in [-0.15, -0.1) is 0 Å². The van der Waals surface area contributed by atoms with E-state index in [1.807, 2.05) is 0 Å². The molecule has 1 saturated heterocycles. The number of rotatable bonds is 3. The second-order valence-electron chi connectivity index (χ2n) is 6.99. The molecule has 1 heterocycles. The summed E-state index contributed by atoms with van der Waals surface area (Å²) in [6, 6.07) is 0.386. The zero-order chi connectivity index (χ0) is 13.7. The molecule has 0 spiro atoms. The molecule has 0 radical (unpaired) electrons. The number of Topliss-reactive ketones (excluding diaryl/α,β-unsaturated/α-hetero) is 1. The van der Waals surface area contributed by atoms with Crippen molar-refractivity contribution in [2.75, 3.05) is 13.1 Å². The van der Waals surface area contributed by atoms with Crippen molar-refractivity contribution in [1.82, 2.24) is 10.6 Å². The van der Waals surface area contributed by atoms with Crippen LogP contribution in [0.1, 0.15) is 46.0 Å². The smallest absolute Gasteiger partial charge is 0.234 e. The number of carbonyl (C=O) groups excluding carboxylic acids is 2. The average molecular weight is 264 g/mol. The maximum Gasteiger partial charge on any atom is 0.234 e. The molecule has 2 saturated carbocycles. The predicted molar refractivity (Wildman–Crippen MR) is 72.6 cm³/mol. The molecule has 4 heteroatoms. The topological polar surface area (TPSA) is 58.2 Å². The van der Waals surface area contributed by atoms with E-state index in [1.54, 1.807) is 0 Å². The lowest BCUT2D eigenvalue weighted by molar-refractivity contribution is -0.145. The summed E-state index contributed by atoms with van der Waals surface area (Å²) in [5.41, 5.74) is -0.909. The second-order valence-corrected chi connectivity index (χ2v) is 6.99. The van der Waals surface area contributed by atoms with Crippen LogP contribution in [0.15, 0.2) is 0 Å². The van der Waals surface area contributed by atoms with Gasteiger partial charge in [0.1, 0.15) is 11.2 Å². The van der Waals surface area contributed by atoms with Crippen LogP contribution in [0.25, 0.3) is 0 Å². The van der Waals surface area contributed by atoms with Gasteiger partial charge in [-0.3, -0.25) is 9.59 Å². The van der Waals surface area contributed by atoms with E-state index in [1.165, 1.54) is 6.42 Å². The first-order valence-electron chi connectivity index (χ1n) is 7.53. The van der Waals surface area contributed by atoms with Crippen LogP contribution < -0.4 is 10.6 Å². The van der Waals surface area contributed by atoms with Gasteiger partial charge in [-0.25, -0.2) is 0 Å². The van der Waals surface area contributed by atoms with Crippen LogP contribution in [0.5, 0.6) is 0 Å². The third kappa shape index (κ3) is 1.69. The minimum atomic E-state index is -0.740. The first-order valence-corrected chi connectivity index (χ1v) is 7.53. The van der Waals surface area contributed by atoms with Crippen molar-refractivity contribution >= 4 is 11.7 Å². The van der Waals surface area contributed by atoms with Crippen molar-refractivity contribution in [2.45, 2.75) is 52.0 Å². The Morgan fingerprint density at radius 3 is 2.74 bits per heavy atom. The third-order valence-electron chi connectivity index (χ3n) is 5.96. The largest absolute Gasteiger partial charge is 0.354 e. The molecule has 1 amide bonds. The molecule has 2 bridgehead atoms. The summed E-state index contributed by atoms with van der Waals surface area (Å²) in [5, 5.41) is 6.42. The van der Waals surface area contributed by atoms with Crippen LogP contribution in [0, 0.1) is 16.7 Å².